The summed E-state index contributed by atoms with van der Waals surface area (Å²) in [6.45, 7) is 3.95. The average molecular weight is 290 g/mol. The minimum absolute atomic E-state index is 0.119. The van der Waals surface area contributed by atoms with Gasteiger partial charge in [-0.1, -0.05) is 0 Å². The molecule has 104 valence electrons. The van der Waals surface area contributed by atoms with E-state index in [0.717, 1.165) is 22.6 Å². The van der Waals surface area contributed by atoms with Crippen LogP contribution in [0.25, 0.3) is 5.69 Å². The van der Waals surface area contributed by atoms with Crippen molar-refractivity contribution in [2.75, 3.05) is 0 Å². The Morgan fingerprint density at radius 1 is 1.35 bits per heavy atom. The molecular formula is C14H15FN4S. The largest absolute Gasteiger partial charge is 0.375 e. The second-order valence-corrected chi connectivity index (χ2v) is 4.81. The quantitative estimate of drug-likeness (QED) is 0.518. The molecule has 0 aliphatic carbocycles. The molecule has 6 heteroatoms. The van der Waals surface area contributed by atoms with Gasteiger partial charge in [0.05, 0.1) is 6.21 Å². The van der Waals surface area contributed by atoms with Gasteiger partial charge in [0, 0.05) is 22.6 Å². The number of aryl methyl sites for hydroxylation is 1. The van der Waals surface area contributed by atoms with Gasteiger partial charge in [0.25, 0.3) is 0 Å². The molecule has 4 nitrogen and oxygen atoms in total. The van der Waals surface area contributed by atoms with Crippen molar-refractivity contribution >= 4 is 23.5 Å². The number of hydrogen-bond acceptors (Lipinski definition) is 2. The molecule has 0 bridgehead atoms. The average Bonchev–Trinajstić information content (AvgIpc) is 2.66. The minimum atomic E-state index is -0.251. The van der Waals surface area contributed by atoms with Crippen molar-refractivity contribution in [3.05, 3.63) is 53.1 Å². The predicted octanol–water partition coefficient (Wildman–Crippen LogP) is 2.40. The van der Waals surface area contributed by atoms with E-state index in [0.29, 0.717) is 0 Å². The first-order valence-electron chi connectivity index (χ1n) is 6.02. The van der Waals surface area contributed by atoms with Crippen LogP contribution >= 0.6 is 12.2 Å². The highest BCUT2D eigenvalue weighted by molar-refractivity contribution is 7.80. The summed E-state index contributed by atoms with van der Waals surface area (Å²) in [4.78, 5) is 0. The first kappa shape index (κ1) is 14.2. The van der Waals surface area contributed by atoms with Crippen LogP contribution in [-0.4, -0.2) is 15.9 Å². The zero-order valence-electron chi connectivity index (χ0n) is 11.2. The Morgan fingerprint density at radius 2 is 2.00 bits per heavy atom. The molecule has 2 rings (SSSR count). The van der Waals surface area contributed by atoms with Crippen LogP contribution in [0.1, 0.15) is 17.0 Å². The zero-order chi connectivity index (χ0) is 14.7. The molecule has 0 aliphatic rings. The van der Waals surface area contributed by atoms with Gasteiger partial charge in [0.15, 0.2) is 5.11 Å². The molecule has 1 aromatic carbocycles. The van der Waals surface area contributed by atoms with Crippen LogP contribution in [0.4, 0.5) is 4.39 Å². The third kappa shape index (κ3) is 3.03. The molecule has 3 N–H and O–H groups in total. The van der Waals surface area contributed by atoms with Crippen LogP contribution in [0.3, 0.4) is 0 Å². The molecule has 0 spiro atoms. The molecule has 0 radical (unpaired) electrons. The number of nitrogens with two attached hydrogens (primary N) is 1. The van der Waals surface area contributed by atoms with E-state index in [-0.39, 0.29) is 10.9 Å². The SMILES string of the molecule is Cc1cc(/C=N\NC(N)=S)c(C)n1-c1ccc(F)cc1. The molecule has 0 fully saturated rings. The maximum absolute atomic E-state index is 13.0. The third-order valence-electron chi connectivity index (χ3n) is 2.93. The number of thiocarbonyl (C=S) groups is 1. The van der Waals surface area contributed by atoms with Gasteiger partial charge in [0.1, 0.15) is 5.82 Å². The molecule has 20 heavy (non-hydrogen) atoms. The van der Waals surface area contributed by atoms with Crippen LogP contribution in [0.15, 0.2) is 35.4 Å². The molecule has 0 aliphatic heterocycles. The van der Waals surface area contributed by atoms with E-state index in [1.165, 1.54) is 12.1 Å². The van der Waals surface area contributed by atoms with Crippen LogP contribution < -0.4 is 11.2 Å². The summed E-state index contributed by atoms with van der Waals surface area (Å²) in [6, 6.07) is 8.35. The number of nitrogens with one attached hydrogen (secondary N) is 1. The zero-order valence-corrected chi connectivity index (χ0v) is 12.0. The Labute approximate surface area is 122 Å². The lowest BCUT2D eigenvalue weighted by atomic mass is 10.2. The van der Waals surface area contributed by atoms with Gasteiger partial charge in [0.2, 0.25) is 0 Å². The van der Waals surface area contributed by atoms with Crippen molar-refractivity contribution in [1.82, 2.24) is 9.99 Å². The maximum atomic E-state index is 13.0. The van der Waals surface area contributed by atoms with E-state index in [2.05, 4.69) is 22.7 Å². The molecule has 0 amide bonds. The fraction of sp³-hybridized carbons (Fsp3) is 0.143. The lowest BCUT2D eigenvalue weighted by molar-refractivity contribution is 0.627. The first-order valence-corrected chi connectivity index (χ1v) is 6.43. The fourth-order valence-corrected chi connectivity index (χ4v) is 2.12. The Kier molecular flexibility index (Phi) is 4.14. The highest BCUT2D eigenvalue weighted by Gasteiger charge is 2.09. The summed E-state index contributed by atoms with van der Waals surface area (Å²) in [7, 11) is 0. The Balaban J connectivity index is 2.36. The summed E-state index contributed by atoms with van der Waals surface area (Å²) in [6.07, 6.45) is 1.65. The molecule has 1 heterocycles. The smallest absolute Gasteiger partial charge is 0.184 e. The first-order chi connectivity index (χ1) is 9.49. The normalized spacial score (nSPS) is 10.9. The van der Waals surface area contributed by atoms with E-state index in [1.54, 1.807) is 18.3 Å². The number of rotatable bonds is 3. The number of halogens is 1. The fourth-order valence-electron chi connectivity index (χ4n) is 2.07. The number of hydrazone groups is 1. The predicted molar refractivity (Wildman–Crippen MR) is 82.7 cm³/mol. The van der Waals surface area contributed by atoms with Crippen molar-refractivity contribution in [3.63, 3.8) is 0 Å². The molecule has 0 saturated heterocycles. The van der Waals surface area contributed by atoms with E-state index in [1.807, 2.05) is 24.5 Å². The van der Waals surface area contributed by atoms with E-state index < -0.39 is 0 Å². The van der Waals surface area contributed by atoms with Crippen molar-refractivity contribution in [1.29, 1.82) is 0 Å². The third-order valence-corrected chi connectivity index (χ3v) is 3.02. The van der Waals surface area contributed by atoms with Crippen LogP contribution in [0.5, 0.6) is 0 Å². The van der Waals surface area contributed by atoms with Gasteiger partial charge in [-0.3, -0.25) is 5.43 Å². The van der Waals surface area contributed by atoms with Crippen molar-refractivity contribution in [3.8, 4) is 5.69 Å². The molecule has 0 atom stereocenters. The monoisotopic (exact) mass is 290 g/mol. The van der Waals surface area contributed by atoms with Crippen molar-refractivity contribution < 1.29 is 4.39 Å². The molecule has 2 aromatic rings. The Bertz CT molecular complexity index is 659. The van der Waals surface area contributed by atoms with Crippen molar-refractivity contribution in [2.45, 2.75) is 13.8 Å². The van der Waals surface area contributed by atoms with E-state index >= 15 is 0 Å². The summed E-state index contributed by atoms with van der Waals surface area (Å²) < 4.78 is 15.0. The summed E-state index contributed by atoms with van der Waals surface area (Å²) in [5.74, 6) is -0.251. The molecule has 0 saturated carbocycles. The topological polar surface area (TPSA) is 55.3 Å². The number of nitrogens with zero attached hydrogens (tertiary/aromatic N) is 2. The van der Waals surface area contributed by atoms with Crippen LogP contribution in [0.2, 0.25) is 0 Å². The number of hydrogen-bond donors (Lipinski definition) is 2. The number of benzene rings is 1. The van der Waals surface area contributed by atoms with Gasteiger partial charge in [-0.2, -0.15) is 5.10 Å². The summed E-state index contributed by atoms with van der Waals surface area (Å²) in [5.41, 5.74) is 11.7. The lowest BCUT2D eigenvalue weighted by Crippen LogP contribution is -2.24. The van der Waals surface area contributed by atoms with Gasteiger partial charge in [-0.15, -0.1) is 0 Å². The second-order valence-electron chi connectivity index (χ2n) is 4.37. The lowest BCUT2D eigenvalue weighted by Gasteiger charge is -2.09. The van der Waals surface area contributed by atoms with Gasteiger partial charge in [-0.25, -0.2) is 4.39 Å². The molecule has 1 aromatic heterocycles. The van der Waals surface area contributed by atoms with Crippen molar-refractivity contribution in [2.24, 2.45) is 10.8 Å². The van der Waals surface area contributed by atoms with E-state index in [9.17, 15) is 4.39 Å². The van der Waals surface area contributed by atoms with Gasteiger partial charge in [-0.05, 0) is 56.4 Å². The highest BCUT2D eigenvalue weighted by Crippen LogP contribution is 2.19. The number of aromatic nitrogens is 1. The Hall–Kier alpha value is -2.21. The molecule has 0 unspecified atom stereocenters. The molecular weight excluding hydrogens is 275 g/mol. The standard InChI is InChI=1S/C14H15FN4S/c1-9-7-11(8-17-18-14(16)20)10(2)19(9)13-5-3-12(15)4-6-13/h3-8H,1-2H3,(H3,16,18,20)/b17-8-. The Morgan fingerprint density at radius 3 is 2.60 bits per heavy atom. The van der Waals surface area contributed by atoms with Gasteiger partial charge >= 0.3 is 0 Å². The van der Waals surface area contributed by atoms with Gasteiger partial charge < -0.3 is 10.3 Å². The maximum Gasteiger partial charge on any atom is 0.184 e. The second kappa shape index (κ2) is 5.83. The highest BCUT2D eigenvalue weighted by atomic mass is 32.1. The summed E-state index contributed by atoms with van der Waals surface area (Å²) >= 11 is 4.68. The van der Waals surface area contributed by atoms with E-state index in [4.69, 9.17) is 5.73 Å². The summed E-state index contributed by atoms with van der Waals surface area (Å²) in [5, 5.41) is 4.07. The van der Waals surface area contributed by atoms with Crippen LogP contribution in [0, 0.1) is 19.7 Å². The van der Waals surface area contributed by atoms with Crippen LogP contribution in [-0.2, 0) is 0 Å². The minimum Gasteiger partial charge on any atom is -0.375 e.